The van der Waals surface area contributed by atoms with E-state index in [1.807, 2.05) is 0 Å². The van der Waals surface area contributed by atoms with Crippen LogP contribution in [0.25, 0.3) is 10.4 Å². The molecule has 6 atom stereocenters. The van der Waals surface area contributed by atoms with E-state index in [2.05, 4.69) is 10.0 Å². The first-order chi connectivity index (χ1) is 13.1. The van der Waals surface area contributed by atoms with Crippen molar-refractivity contribution in [2.75, 3.05) is 6.54 Å². The lowest BCUT2D eigenvalue weighted by Gasteiger charge is -2.44. The molecule has 0 spiro atoms. The fourth-order valence-electron chi connectivity index (χ4n) is 2.66. The zero-order chi connectivity index (χ0) is 21.4. The largest absolute Gasteiger partial charge is 0.459 e. The van der Waals surface area contributed by atoms with E-state index in [-0.39, 0.29) is 0 Å². The minimum atomic E-state index is -1.82. The smallest absolute Gasteiger partial charge is 0.303 e. The summed E-state index contributed by atoms with van der Waals surface area (Å²) >= 11 is 0. The molecule has 1 fully saturated rings. The van der Waals surface area contributed by atoms with Gasteiger partial charge in [0.2, 0.25) is 0 Å². The number of carbonyl (C=O) groups is 4. The monoisotopic (exact) mass is 403 g/mol. The minimum absolute atomic E-state index is 0.434. The van der Waals surface area contributed by atoms with Crippen molar-refractivity contribution in [3.8, 4) is 0 Å². The molecule has 0 aromatic rings. The van der Waals surface area contributed by atoms with Crippen molar-refractivity contribution in [3.63, 3.8) is 0 Å². The van der Waals surface area contributed by atoms with E-state index in [1.54, 1.807) is 0 Å². The average Bonchev–Trinajstić information content (AvgIpc) is 2.55. The third-order valence-corrected chi connectivity index (χ3v) is 3.46. The number of carbonyl (C=O) groups excluding carboxylic acids is 4. The van der Waals surface area contributed by atoms with Gasteiger partial charge in [-0.2, -0.15) is 0 Å². The standard InChI is InChI=1S/C15H21N3O10/c1-6(19)24-10(5-17-18-16)11-12(25-7(2)20)13(26-8(3)21)14(15(23)28-11)27-9(4)22/h10-15,23H,5H2,1-4H3/t10-,11?,12+,13?,14?,15+/m0/s1. The predicted octanol–water partition coefficient (Wildman–Crippen LogP) is -0.259. The molecule has 1 rings (SSSR count). The van der Waals surface area contributed by atoms with Crippen LogP contribution in [0.4, 0.5) is 0 Å². The van der Waals surface area contributed by atoms with Crippen molar-refractivity contribution >= 4 is 23.9 Å². The van der Waals surface area contributed by atoms with Crippen LogP contribution in [-0.4, -0.2) is 72.3 Å². The molecular formula is C15H21N3O10. The third-order valence-electron chi connectivity index (χ3n) is 3.46. The second kappa shape index (κ2) is 10.4. The second-order valence-electron chi connectivity index (χ2n) is 5.77. The fraction of sp³-hybridized carbons (Fsp3) is 0.733. The maximum atomic E-state index is 11.6. The van der Waals surface area contributed by atoms with Crippen LogP contribution >= 0.6 is 0 Å². The summed E-state index contributed by atoms with van der Waals surface area (Å²) in [7, 11) is 0. The van der Waals surface area contributed by atoms with E-state index in [4.69, 9.17) is 29.2 Å². The van der Waals surface area contributed by atoms with Crippen LogP contribution in [0.5, 0.6) is 0 Å². The molecule has 156 valence electrons. The molecule has 13 nitrogen and oxygen atoms in total. The zero-order valence-corrected chi connectivity index (χ0v) is 15.6. The summed E-state index contributed by atoms with van der Waals surface area (Å²) in [5, 5.41) is 13.6. The van der Waals surface area contributed by atoms with Crippen molar-refractivity contribution in [2.45, 2.75) is 64.5 Å². The first-order valence-corrected chi connectivity index (χ1v) is 8.10. The Labute approximate surface area is 159 Å². The van der Waals surface area contributed by atoms with Gasteiger partial charge in [0.1, 0.15) is 12.2 Å². The number of hydrogen-bond acceptors (Lipinski definition) is 11. The topological polar surface area (TPSA) is 183 Å². The summed E-state index contributed by atoms with van der Waals surface area (Å²) in [4.78, 5) is 48.4. The fourth-order valence-corrected chi connectivity index (χ4v) is 2.66. The van der Waals surface area contributed by atoms with Gasteiger partial charge < -0.3 is 28.8 Å². The zero-order valence-electron chi connectivity index (χ0n) is 15.6. The maximum Gasteiger partial charge on any atom is 0.303 e. The van der Waals surface area contributed by atoms with Crippen molar-refractivity contribution in [1.82, 2.24) is 0 Å². The Bertz CT molecular complexity index is 658. The average molecular weight is 403 g/mol. The van der Waals surface area contributed by atoms with Crippen LogP contribution < -0.4 is 0 Å². The Kier molecular flexibility index (Phi) is 8.64. The number of aliphatic hydroxyl groups excluding tert-OH is 1. The van der Waals surface area contributed by atoms with E-state index in [1.165, 1.54) is 0 Å². The van der Waals surface area contributed by atoms with Crippen molar-refractivity contribution in [2.24, 2.45) is 5.11 Å². The van der Waals surface area contributed by atoms with Gasteiger partial charge in [0.15, 0.2) is 24.6 Å². The van der Waals surface area contributed by atoms with Crippen LogP contribution in [0.2, 0.25) is 0 Å². The summed E-state index contributed by atoms with van der Waals surface area (Å²) in [5.74, 6) is -3.25. The van der Waals surface area contributed by atoms with E-state index < -0.39 is 67.2 Å². The summed E-state index contributed by atoms with van der Waals surface area (Å²) < 4.78 is 25.6. The highest BCUT2D eigenvalue weighted by Gasteiger charge is 2.54. The number of aliphatic hydroxyl groups is 1. The molecule has 3 unspecified atom stereocenters. The van der Waals surface area contributed by atoms with Crippen molar-refractivity contribution in [1.29, 1.82) is 0 Å². The van der Waals surface area contributed by atoms with Gasteiger partial charge in [-0.05, 0) is 5.53 Å². The third kappa shape index (κ3) is 6.68. The molecule has 0 radical (unpaired) electrons. The van der Waals surface area contributed by atoms with E-state index in [0.717, 1.165) is 27.7 Å². The van der Waals surface area contributed by atoms with Gasteiger partial charge in [-0.1, -0.05) is 5.11 Å². The highest BCUT2D eigenvalue weighted by molar-refractivity contribution is 5.68. The minimum Gasteiger partial charge on any atom is -0.459 e. The Hall–Kier alpha value is -2.89. The van der Waals surface area contributed by atoms with Crippen LogP contribution in [0.1, 0.15) is 27.7 Å². The summed E-state index contributed by atoms with van der Waals surface area (Å²) in [6.07, 6.45) is -8.99. The second-order valence-corrected chi connectivity index (χ2v) is 5.77. The molecule has 0 aromatic carbocycles. The number of rotatable bonds is 7. The predicted molar refractivity (Wildman–Crippen MR) is 87.1 cm³/mol. The number of esters is 4. The van der Waals surface area contributed by atoms with Crippen molar-refractivity contribution in [3.05, 3.63) is 10.4 Å². The quantitative estimate of drug-likeness (QED) is 0.195. The van der Waals surface area contributed by atoms with Gasteiger partial charge in [0.05, 0.1) is 6.54 Å². The molecule has 13 heteroatoms. The molecular weight excluding hydrogens is 382 g/mol. The molecule has 0 saturated carbocycles. The lowest BCUT2D eigenvalue weighted by Crippen LogP contribution is -2.64. The van der Waals surface area contributed by atoms with Crippen LogP contribution in [0.3, 0.4) is 0 Å². The van der Waals surface area contributed by atoms with Crippen LogP contribution in [0.15, 0.2) is 5.11 Å². The van der Waals surface area contributed by atoms with E-state index >= 15 is 0 Å². The molecule has 1 N–H and O–H groups in total. The van der Waals surface area contributed by atoms with Gasteiger partial charge in [-0.25, -0.2) is 0 Å². The lowest BCUT2D eigenvalue weighted by molar-refractivity contribution is -0.304. The summed E-state index contributed by atoms with van der Waals surface area (Å²) in [6.45, 7) is 3.80. The molecule has 1 heterocycles. The SMILES string of the molecule is CC(=O)OC1C(OC(C)=O)[C@H](O)OC([C@H](CN=[N+]=[N-])OC(C)=O)[C@H]1OC(C)=O. The Morgan fingerprint density at radius 2 is 1.46 bits per heavy atom. The summed E-state index contributed by atoms with van der Waals surface area (Å²) in [6, 6.07) is 0. The first-order valence-electron chi connectivity index (χ1n) is 8.10. The van der Waals surface area contributed by atoms with Gasteiger partial charge >= 0.3 is 23.9 Å². The molecule has 0 aromatic heterocycles. The van der Waals surface area contributed by atoms with Crippen LogP contribution in [0, 0.1) is 0 Å². The normalized spacial score (nSPS) is 27.5. The molecule has 1 saturated heterocycles. The molecule has 0 aliphatic carbocycles. The molecule has 1 aliphatic heterocycles. The lowest BCUT2D eigenvalue weighted by atomic mass is 9.94. The Balaban J connectivity index is 3.36. The van der Waals surface area contributed by atoms with E-state index in [9.17, 15) is 24.3 Å². The molecule has 0 amide bonds. The number of ether oxygens (including phenoxy) is 5. The number of azide groups is 1. The molecule has 28 heavy (non-hydrogen) atoms. The number of nitrogens with zero attached hydrogens (tertiary/aromatic N) is 3. The number of hydrogen-bond donors (Lipinski definition) is 1. The highest BCUT2D eigenvalue weighted by atomic mass is 16.7. The van der Waals surface area contributed by atoms with Gasteiger partial charge in [-0.15, -0.1) is 0 Å². The Morgan fingerprint density at radius 3 is 1.93 bits per heavy atom. The van der Waals surface area contributed by atoms with Gasteiger partial charge in [-0.3, -0.25) is 19.2 Å². The van der Waals surface area contributed by atoms with Crippen LogP contribution in [-0.2, 0) is 42.9 Å². The van der Waals surface area contributed by atoms with E-state index in [0.29, 0.717) is 0 Å². The van der Waals surface area contributed by atoms with Gasteiger partial charge in [0, 0.05) is 32.6 Å². The van der Waals surface area contributed by atoms with Gasteiger partial charge in [0.25, 0.3) is 0 Å². The van der Waals surface area contributed by atoms with Crippen molar-refractivity contribution < 1.29 is 48.0 Å². The molecule has 1 aliphatic rings. The summed E-state index contributed by atoms with van der Waals surface area (Å²) in [5.41, 5.74) is 8.54. The maximum absolute atomic E-state index is 11.6. The highest BCUT2D eigenvalue weighted by Crippen LogP contribution is 2.30. The first kappa shape index (κ1) is 23.1. The Morgan fingerprint density at radius 1 is 0.964 bits per heavy atom. The molecule has 0 bridgehead atoms.